The van der Waals surface area contributed by atoms with Gasteiger partial charge in [0.05, 0.1) is 0 Å². The Morgan fingerprint density at radius 1 is 0.422 bits per heavy atom. The van der Waals surface area contributed by atoms with Crippen LogP contribution in [-0.2, 0) is 41.5 Å². The van der Waals surface area contributed by atoms with Crippen LogP contribution in [0.5, 0.6) is 0 Å². The Bertz CT molecular complexity index is 874. The number of rotatable bonds is 27. The van der Waals surface area contributed by atoms with Gasteiger partial charge in [-0.1, -0.05) is 78.6 Å². The van der Waals surface area contributed by atoms with Gasteiger partial charge in [-0.25, -0.2) is 0 Å². The molecular weight excluding hydrogens is 657 g/mol. The van der Waals surface area contributed by atoms with E-state index in [9.17, 15) is 43.7 Å². The number of hydrogen-bond donors (Lipinski definition) is 6. The highest BCUT2D eigenvalue weighted by atomic mass is 31.2. The Morgan fingerprint density at radius 3 is 0.911 bits per heavy atom. The molecule has 1 saturated carbocycles. The molecule has 45 heavy (non-hydrogen) atoms. The quantitative estimate of drug-likeness (QED) is 0.0510. The Kier molecular flexibility index (Phi) is 21.9. The van der Waals surface area contributed by atoms with Crippen molar-refractivity contribution in [1.29, 1.82) is 0 Å². The van der Waals surface area contributed by atoms with Crippen molar-refractivity contribution in [3.63, 3.8) is 0 Å². The molecule has 0 amide bonds. The fourth-order valence-electron chi connectivity index (χ4n) is 4.97. The number of aliphatic hydroxyl groups is 3. The van der Waals surface area contributed by atoms with Crippen LogP contribution in [0, 0.1) is 0 Å². The summed E-state index contributed by atoms with van der Waals surface area (Å²) in [5, 5.41) is 28.8. The van der Waals surface area contributed by atoms with E-state index >= 15 is 0 Å². The van der Waals surface area contributed by atoms with Crippen molar-refractivity contribution in [3.05, 3.63) is 0 Å². The lowest BCUT2D eigenvalue weighted by atomic mass is 9.84. The largest absolute Gasteiger partial charge is 0.384 e. The van der Waals surface area contributed by atoms with Crippen LogP contribution in [-0.4, -0.2) is 105 Å². The molecule has 0 aromatic carbocycles. The fourth-order valence-corrected chi connectivity index (χ4v) is 7.03. The SMILES string of the molecule is CCCCCCO[C@H]1[C@@H](OCCCCCC)[C@H](OP(=O)(O)CO)[C@@H](OP(=O)(O)CO)[C@H](OP(=O)(O)CO)[C@H]1OCCCCCC. The van der Waals surface area contributed by atoms with Crippen LogP contribution in [0.25, 0.3) is 0 Å². The highest BCUT2D eigenvalue weighted by Crippen LogP contribution is 2.54. The summed E-state index contributed by atoms with van der Waals surface area (Å²) in [6.45, 7) is 6.51. The Morgan fingerprint density at radius 2 is 0.667 bits per heavy atom. The summed E-state index contributed by atoms with van der Waals surface area (Å²) in [6.07, 6.45) is -3.53. The van der Waals surface area contributed by atoms with Crippen LogP contribution in [0.1, 0.15) is 97.8 Å². The van der Waals surface area contributed by atoms with Crippen molar-refractivity contribution in [2.45, 2.75) is 134 Å². The standard InChI is InChI=1S/C27H57O15P3/c1-4-7-10-13-16-37-22-23(38-17-14-11-8-5-2)25(40-43(31,32)19-28)27(42-45(35,36)21-30)26(41-44(33,34)20-29)24(22)39-18-15-12-9-6-3/h22-30H,4-21H2,1-3H3,(H,31,32)(H,33,34)(H,35,36)/t22-,23+,24-,25-,26+,27+. The van der Waals surface area contributed by atoms with Gasteiger partial charge < -0.3 is 44.2 Å². The van der Waals surface area contributed by atoms with Crippen molar-refractivity contribution < 1.29 is 71.5 Å². The molecule has 1 aliphatic rings. The monoisotopic (exact) mass is 714 g/mol. The van der Waals surface area contributed by atoms with Gasteiger partial charge >= 0.3 is 22.8 Å². The maximum atomic E-state index is 12.8. The first-order chi connectivity index (χ1) is 21.3. The van der Waals surface area contributed by atoms with E-state index in [1.807, 2.05) is 20.8 Å². The second-order valence-corrected chi connectivity index (χ2v) is 16.5. The molecule has 1 aliphatic carbocycles. The maximum Gasteiger partial charge on any atom is 0.353 e. The maximum absolute atomic E-state index is 12.8. The molecule has 1 fully saturated rings. The number of unbranched alkanes of at least 4 members (excludes halogenated alkanes) is 9. The normalized spacial score (nSPS) is 27.9. The number of hydrogen-bond acceptors (Lipinski definition) is 12. The van der Waals surface area contributed by atoms with Crippen LogP contribution in [0.15, 0.2) is 0 Å². The lowest BCUT2D eigenvalue weighted by Crippen LogP contribution is -2.67. The van der Waals surface area contributed by atoms with E-state index in [1.165, 1.54) is 0 Å². The zero-order chi connectivity index (χ0) is 33.9. The number of aliphatic hydroxyl groups excluding tert-OH is 3. The van der Waals surface area contributed by atoms with E-state index in [4.69, 9.17) is 27.8 Å². The van der Waals surface area contributed by atoms with Crippen molar-refractivity contribution in [1.82, 2.24) is 0 Å². The molecule has 18 heteroatoms. The third-order valence-corrected chi connectivity index (χ3v) is 10.1. The van der Waals surface area contributed by atoms with Gasteiger partial charge in [0.1, 0.15) is 55.7 Å². The molecule has 0 aliphatic heterocycles. The van der Waals surface area contributed by atoms with Crippen molar-refractivity contribution in [2.75, 3.05) is 38.9 Å². The van der Waals surface area contributed by atoms with Gasteiger partial charge in [0, 0.05) is 19.8 Å². The first-order valence-corrected chi connectivity index (χ1v) is 21.3. The van der Waals surface area contributed by atoms with E-state index in [1.54, 1.807) is 0 Å². The highest BCUT2D eigenvalue weighted by molar-refractivity contribution is 7.53. The fraction of sp³-hybridized carbons (Fsp3) is 1.00. The van der Waals surface area contributed by atoms with E-state index in [0.717, 1.165) is 57.8 Å². The van der Waals surface area contributed by atoms with E-state index in [2.05, 4.69) is 0 Å². The van der Waals surface area contributed by atoms with Gasteiger partial charge in [0.15, 0.2) is 0 Å². The molecule has 0 heterocycles. The number of ether oxygens (including phenoxy) is 3. The summed E-state index contributed by atoms with van der Waals surface area (Å²) < 4.78 is 73.1. The topological polar surface area (TPSA) is 228 Å². The zero-order valence-corrected chi connectivity index (χ0v) is 29.6. The summed E-state index contributed by atoms with van der Waals surface area (Å²) in [6, 6.07) is 0. The minimum atomic E-state index is -4.88. The predicted molar refractivity (Wildman–Crippen MR) is 167 cm³/mol. The van der Waals surface area contributed by atoms with Crippen LogP contribution < -0.4 is 0 Å². The van der Waals surface area contributed by atoms with E-state index in [0.29, 0.717) is 19.3 Å². The molecule has 15 nitrogen and oxygen atoms in total. The Hall–Kier alpha value is 0.210. The van der Waals surface area contributed by atoms with Gasteiger partial charge in [-0.15, -0.1) is 0 Å². The minimum absolute atomic E-state index is 0.114. The van der Waals surface area contributed by atoms with Gasteiger partial charge in [0.2, 0.25) is 0 Å². The van der Waals surface area contributed by atoms with Crippen molar-refractivity contribution in [3.8, 4) is 0 Å². The molecule has 9 atom stereocenters. The van der Waals surface area contributed by atoms with Crippen LogP contribution >= 0.6 is 22.8 Å². The second kappa shape index (κ2) is 22.8. The molecule has 1 rings (SSSR count). The van der Waals surface area contributed by atoms with Gasteiger partial charge in [-0.2, -0.15) is 0 Å². The summed E-state index contributed by atoms with van der Waals surface area (Å²) in [5.74, 6) is 0. The molecule has 0 aromatic heterocycles. The molecule has 3 unspecified atom stereocenters. The summed E-state index contributed by atoms with van der Waals surface area (Å²) in [4.78, 5) is 31.0. The third kappa shape index (κ3) is 16.4. The molecule has 0 saturated heterocycles. The molecule has 0 bridgehead atoms. The van der Waals surface area contributed by atoms with Crippen LogP contribution in [0.2, 0.25) is 0 Å². The molecule has 0 spiro atoms. The molecule has 6 N–H and O–H groups in total. The summed E-state index contributed by atoms with van der Waals surface area (Å²) in [7, 11) is -14.5. The average molecular weight is 715 g/mol. The first-order valence-electron chi connectivity index (χ1n) is 16.0. The Labute approximate surface area is 267 Å². The van der Waals surface area contributed by atoms with Gasteiger partial charge in [-0.3, -0.25) is 27.3 Å². The van der Waals surface area contributed by atoms with Crippen LogP contribution in [0.3, 0.4) is 0 Å². The lowest BCUT2D eigenvalue weighted by Gasteiger charge is -2.49. The van der Waals surface area contributed by atoms with E-state index in [-0.39, 0.29) is 19.8 Å². The molecule has 270 valence electrons. The molecular formula is C27H57O15P3. The van der Waals surface area contributed by atoms with Crippen LogP contribution in [0.4, 0.5) is 0 Å². The third-order valence-electron chi connectivity index (χ3n) is 7.26. The highest BCUT2D eigenvalue weighted by Gasteiger charge is 2.59. The van der Waals surface area contributed by atoms with Gasteiger partial charge in [0.25, 0.3) is 0 Å². The smallest absolute Gasteiger partial charge is 0.353 e. The average Bonchev–Trinajstić information content (AvgIpc) is 3.00. The molecule has 0 aromatic rings. The predicted octanol–water partition coefficient (Wildman–Crippen LogP) is 4.46. The summed E-state index contributed by atoms with van der Waals surface area (Å²) in [5.41, 5.74) is 0. The van der Waals surface area contributed by atoms with Gasteiger partial charge in [-0.05, 0) is 19.3 Å². The second-order valence-electron chi connectivity index (χ2n) is 11.2. The Balaban J connectivity index is 3.76. The van der Waals surface area contributed by atoms with Crippen molar-refractivity contribution in [2.24, 2.45) is 0 Å². The van der Waals surface area contributed by atoms with Crippen molar-refractivity contribution >= 4 is 22.8 Å². The first kappa shape index (κ1) is 43.2. The lowest BCUT2D eigenvalue weighted by molar-refractivity contribution is -0.245. The molecule has 0 radical (unpaired) electrons. The van der Waals surface area contributed by atoms with E-state index < -0.39 is 78.5 Å². The summed E-state index contributed by atoms with van der Waals surface area (Å²) >= 11 is 0. The minimum Gasteiger partial charge on any atom is -0.384 e. The zero-order valence-electron chi connectivity index (χ0n) is 26.9.